The van der Waals surface area contributed by atoms with Gasteiger partial charge >= 0.3 is 0 Å². The first-order chi connectivity index (χ1) is 8.15. The third-order valence-corrected chi connectivity index (χ3v) is 4.44. The van der Waals surface area contributed by atoms with Crippen molar-refractivity contribution in [1.82, 2.24) is 14.7 Å². The minimum atomic E-state index is 0.193. The van der Waals surface area contributed by atoms with Gasteiger partial charge in [0.1, 0.15) is 5.69 Å². The van der Waals surface area contributed by atoms with Crippen molar-refractivity contribution in [3.8, 4) is 0 Å². The molecular weight excluding hydrogens is 214 g/mol. The van der Waals surface area contributed by atoms with Gasteiger partial charge in [-0.05, 0) is 38.8 Å². The fourth-order valence-corrected chi connectivity index (χ4v) is 3.38. The summed E-state index contributed by atoms with van der Waals surface area (Å²) in [6, 6.07) is 3.07. The molecule has 2 unspecified atom stereocenters. The Balaban J connectivity index is 1.76. The topological polar surface area (TPSA) is 38.1 Å². The SMILES string of the molecule is CN1C2CCC1CC(C(=O)c1ccn(C)n1)C2. The van der Waals surface area contributed by atoms with Crippen LogP contribution in [0.3, 0.4) is 0 Å². The largest absolute Gasteiger partial charge is 0.300 e. The maximum atomic E-state index is 12.3. The van der Waals surface area contributed by atoms with E-state index in [-0.39, 0.29) is 11.7 Å². The Hall–Kier alpha value is -1.16. The quantitative estimate of drug-likeness (QED) is 0.726. The van der Waals surface area contributed by atoms with Crippen molar-refractivity contribution in [2.45, 2.75) is 37.8 Å². The van der Waals surface area contributed by atoms with Gasteiger partial charge in [-0.25, -0.2) is 0 Å². The first kappa shape index (κ1) is 11.0. The highest BCUT2D eigenvalue weighted by molar-refractivity contribution is 5.96. The lowest BCUT2D eigenvalue weighted by Crippen LogP contribution is -2.42. The van der Waals surface area contributed by atoms with E-state index in [9.17, 15) is 4.79 Å². The summed E-state index contributed by atoms with van der Waals surface area (Å²) in [5.74, 6) is 0.439. The Morgan fingerprint density at radius 2 is 1.94 bits per heavy atom. The second-order valence-electron chi connectivity index (χ2n) is 5.46. The molecule has 1 aromatic rings. The van der Waals surface area contributed by atoms with Crippen molar-refractivity contribution in [1.29, 1.82) is 0 Å². The van der Waals surface area contributed by atoms with Gasteiger partial charge in [0, 0.05) is 31.2 Å². The van der Waals surface area contributed by atoms with Gasteiger partial charge in [0.25, 0.3) is 0 Å². The molecule has 0 amide bonds. The van der Waals surface area contributed by atoms with E-state index in [0.29, 0.717) is 17.8 Å². The number of fused-ring (bicyclic) bond motifs is 2. The van der Waals surface area contributed by atoms with Crippen molar-refractivity contribution in [3.05, 3.63) is 18.0 Å². The summed E-state index contributed by atoms with van der Waals surface area (Å²) in [4.78, 5) is 14.8. The number of hydrogen-bond acceptors (Lipinski definition) is 3. The number of carbonyl (C=O) groups is 1. The predicted molar refractivity (Wildman–Crippen MR) is 64.8 cm³/mol. The number of aromatic nitrogens is 2. The van der Waals surface area contributed by atoms with Gasteiger partial charge in [0.2, 0.25) is 0 Å². The second-order valence-corrected chi connectivity index (χ2v) is 5.46. The van der Waals surface area contributed by atoms with E-state index in [1.54, 1.807) is 4.68 Å². The van der Waals surface area contributed by atoms with Crippen LogP contribution in [-0.2, 0) is 7.05 Å². The van der Waals surface area contributed by atoms with Gasteiger partial charge in [-0.1, -0.05) is 0 Å². The van der Waals surface area contributed by atoms with E-state index in [4.69, 9.17) is 0 Å². The number of Topliss-reactive ketones (excluding diaryl/α,β-unsaturated/α-hetero) is 1. The molecule has 0 radical (unpaired) electrons. The lowest BCUT2D eigenvalue weighted by molar-refractivity contribution is 0.0761. The molecule has 92 valence electrons. The zero-order valence-corrected chi connectivity index (χ0v) is 10.5. The van der Waals surface area contributed by atoms with E-state index in [1.165, 1.54) is 12.8 Å². The molecule has 0 N–H and O–H groups in total. The smallest absolute Gasteiger partial charge is 0.186 e. The molecule has 2 saturated heterocycles. The third kappa shape index (κ3) is 1.80. The normalized spacial score (nSPS) is 32.9. The molecule has 0 spiro atoms. The number of nitrogens with zero attached hydrogens (tertiary/aromatic N) is 3. The molecule has 4 nitrogen and oxygen atoms in total. The van der Waals surface area contributed by atoms with Gasteiger partial charge in [-0.3, -0.25) is 9.48 Å². The van der Waals surface area contributed by atoms with Crippen LogP contribution < -0.4 is 0 Å². The molecule has 3 rings (SSSR count). The first-order valence-corrected chi connectivity index (χ1v) is 6.41. The van der Waals surface area contributed by atoms with Crippen LogP contribution in [-0.4, -0.2) is 39.6 Å². The number of carbonyl (C=O) groups excluding carboxylic acids is 1. The zero-order chi connectivity index (χ0) is 12.0. The Labute approximate surface area is 102 Å². The molecule has 1 aromatic heterocycles. The standard InChI is InChI=1S/C13H19N3O/c1-15-6-5-12(14-15)13(17)9-7-10-3-4-11(8-9)16(10)2/h5-6,9-11H,3-4,7-8H2,1-2H3. The fourth-order valence-electron chi connectivity index (χ4n) is 3.38. The Bertz CT molecular complexity index is 426. The molecule has 3 heterocycles. The van der Waals surface area contributed by atoms with Gasteiger partial charge < -0.3 is 4.90 Å². The van der Waals surface area contributed by atoms with E-state index < -0.39 is 0 Å². The maximum absolute atomic E-state index is 12.3. The molecule has 2 aliphatic rings. The third-order valence-electron chi connectivity index (χ3n) is 4.44. The molecular formula is C13H19N3O. The molecule has 17 heavy (non-hydrogen) atoms. The second kappa shape index (κ2) is 3.95. The van der Waals surface area contributed by atoms with Crippen LogP contribution in [0.15, 0.2) is 12.3 Å². The monoisotopic (exact) mass is 233 g/mol. The number of rotatable bonds is 2. The molecule has 2 fully saturated rings. The average Bonchev–Trinajstić information content (AvgIpc) is 2.79. The minimum Gasteiger partial charge on any atom is -0.300 e. The molecule has 2 aliphatic heterocycles. The lowest BCUT2D eigenvalue weighted by atomic mass is 9.86. The van der Waals surface area contributed by atoms with Crippen LogP contribution in [0.4, 0.5) is 0 Å². The van der Waals surface area contributed by atoms with Gasteiger partial charge in [0.15, 0.2) is 5.78 Å². The van der Waals surface area contributed by atoms with Crippen molar-refractivity contribution >= 4 is 5.78 Å². The fraction of sp³-hybridized carbons (Fsp3) is 0.692. The number of hydrogen-bond donors (Lipinski definition) is 0. The molecule has 2 bridgehead atoms. The van der Waals surface area contributed by atoms with Gasteiger partial charge in [0.05, 0.1) is 0 Å². The highest BCUT2D eigenvalue weighted by Gasteiger charge is 2.41. The first-order valence-electron chi connectivity index (χ1n) is 6.41. The molecule has 0 aromatic carbocycles. The van der Waals surface area contributed by atoms with Gasteiger partial charge in [-0.15, -0.1) is 0 Å². The van der Waals surface area contributed by atoms with Crippen LogP contribution in [0, 0.1) is 5.92 Å². The Morgan fingerprint density at radius 1 is 1.29 bits per heavy atom. The maximum Gasteiger partial charge on any atom is 0.186 e. The number of aryl methyl sites for hydroxylation is 1. The number of piperidine rings is 1. The highest BCUT2D eigenvalue weighted by atomic mass is 16.1. The van der Waals surface area contributed by atoms with Crippen LogP contribution in [0.25, 0.3) is 0 Å². The molecule has 0 saturated carbocycles. The van der Waals surface area contributed by atoms with Crippen molar-refractivity contribution < 1.29 is 4.79 Å². The summed E-state index contributed by atoms with van der Waals surface area (Å²) in [6.45, 7) is 0. The van der Waals surface area contributed by atoms with E-state index >= 15 is 0 Å². The molecule has 2 atom stereocenters. The van der Waals surface area contributed by atoms with Crippen LogP contribution in [0.1, 0.15) is 36.2 Å². The molecule has 0 aliphatic carbocycles. The minimum absolute atomic E-state index is 0.193. The summed E-state index contributed by atoms with van der Waals surface area (Å²) < 4.78 is 1.71. The Morgan fingerprint density at radius 3 is 2.47 bits per heavy atom. The van der Waals surface area contributed by atoms with Gasteiger partial charge in [-0.2, -0.15) is 5.10 Å². The summed E-state index contributed by atoms with van der Waals surface area (Å²) in [6.07, 6.45) is 6.39. The van der Waals surface area contributed by atoms with Crippen LogP contribution in [0.2, 0.25) is 0 Å². The lowest BCUT2D eigenvalue weighted by Gasteiger charge is -2.35. The van der Waals surface area contributed by atoms with E-state index in [0.717, 1.165) is 12.8 Å². The van der Waals surface area contributed by atoms with Crippen LogP contribution >= 0.6 is 0 Å². The number of ketones is 1. The predicted octanol–water partition coefficient (Wildman–Crippen LogP) is 1.48. The summed E-state index contributed by atoms with van der Waals surface area (Å²) >= 11 is 0. The van der Waals surface area contributed by atoms with Crippen LogP contribution in [0.5, 0.6) is 0 Å². The average molecular weight is 233 g/mol. The summed E-state index contributed by atoms with van der Waals surface area (Å²) in [7, 11) is 4.05. The summed E-state index contributed by atoms with van der Waals surface area (Å²) in [5.41, 5.74) is 0.640. The van der Waals surface area contributed by atoms with E-state index in [1.807, 2.05) is 19.3 Å². The van der Waals surface area contributed by atoms with Crippen molar-refractivity contribution in [3.63, 3.8) is 0 Å². The highest BCUT2D eigenvalue weighted by Crippen LogP contribution is 2.38. The summed E-state index contributed by atoms with van der Waals surface area (Å²) in [5, 5.41) is 4.23. The zero-order valence-electron chi connectivity index (χ0n) is 10.5. The van der Waals surface area contributed by atoms with Crippen molar-refractivity contribution in [2.24, 2.45) is 13.0 Å². The molecule has 4 heteroatoms. The van der Waals surface area contributed by atoms with E-state index in [2.05, 4.69) is 17.0 Å². The Kier molecular flexibility index (Phi) is 2.54. The van der Waals surface area contributed by atoms with Crippen molar-refractivity contribution in [2.75, 3.05) is 7.05 Å².